The summed E-state index contributed by atoms with van der Waals surface area (Å²) >= 11 is 0. The molecule has 8 rings (SSSR count). The Morgan fingerprint density at radius 1 is 0.373 bits per heavy atom. The molecule has 51 heavy (non-hydrogen) atoms. The zero-order valence-corrected chi connectivity index (χ0v) is 31.0. The second-order valence-electron chi connectivity index (χ2n) is 13.3. The van der Waals surface area contributed by atoms with Crippen LogP contribution >= 0.6 is 0 Å². The molecule has 4 aliphatic carbocycles. The maximum atomic E-state index is 7.27. The first-order chi connectivity index (χ1) is 25.1. The quantitative estimate of drug-likeness (QED) is 0.134. The first kappa shape index (κ1) is 33.1. The van der Waals surface area contributed by atoms with E-state index in [4.69, 9.17) is 8.85 Å². The van der Waals surface area contributed by atoms with Gasteiger partial charge < -0.3 is 8.85 Å². The van der Waals surface area contributed by atoms with Crippen LogP contribution in [0.25, 0.3) is 66.1 Å². The lowest BCUT2D eigenvalue weighted by Gasteiger charge is -2.33. The largest absolute Gasteiger partial charge is 0.408 e. The van der Waals surface area contributed by atoms with Crippen LogP contribution in [-0.4, -0.2) is 21.8 Å². The Morgan fingerprint density at radius 2 is 0.725 bits per heavy atom. The lowest BCUT2D eigenvalue weighted by molar-refractivity contribution is 0.208. The van der Waals surface area contributed by atoms with Gasteiger partial charge in [-0.15, -0.1) is 0 Å². The average molecular weight is 681 g/mol. The van der Waals surface area contributed by atoms with Crippen LogP contribution in [0.5, 0.6) is 0 Å². The Morgan fingerprint density at radius 3 is 1.14 bits per heavy atom. The number of benzene rings is 4. The molecule has 3 heteroatoms. The van der Waals surface area contributed by atoms with E-state index in [2.05, 4.69) is 173 Å². The summed E-state index contributed by atoms with van der Waals surface area (Å²) in [5, 5.41) is 7.51. The summed E-state index contributed by atoms with van der Waals surface area (Å²) in [5.74, 6) is 0. The smallest absolute Gasteiger partial charge is 0.388 e. The minimum atomic E-state index is -3.33. The summed E-state index contributed by atoms with van der Waals surface area (Å²) in [6, 6.07) is 53.5. The standard InChI is InChI=1S/C48H44O2Si/c1-5-33-31-45-41(39-29-17-21-35-19-9-11-23-37(35)39)25-13-15-27-43(45)47(33)51(49-7-3,50-8-4)48-34(6-2)32-46-42(26-14-16-28-44(46)48)40-30-18-22-36-20-10-12-24-38(36)40/h9-32H,5-8H2,1-4H3. The van der Waals surface area contributed by atoms with Gasteiger partial charge in [-0.3, -0.25) is 0 Å². The molecule has 0 saturated carbocycles. The average Bonchev–Trinajstić information content (AvgIpc) is 3.57. The molecular formula is C48H44O2Si. The van der Waals surface area contributed by atoms with E-state index in [1.807, 2.05) is 0 Å². The summed E-state index contributed by atoms with van der Waals surface area (Å²) in [6.07, 6.45) is 1.76. The van der Waals surface area contributed by atoms with Crippen molar-refractivity contribution in [2.24, 2.45) is 0 Å². The van der Waals surface area contributed by atoms with Crippen LogP contribution in [0.1, 0.15) is 38.8 Å². The van der Waals surface area contributed by atoms with Crippen LogP contribution in [0.3, 0.4) is 0 Å². The van der Waals surface area contributed by atoms with Crippen molar-refractivity contribution in [2.75, 3.05) is 13.2 Å². The van der Waals surface area contributed by atoms with E-state index in [9.17, 15) is 0 Å². The van der Waals surface area contributed by atoms with Crippen molar-refractivity contribution < 1.29 is 8.85 Å². The van der Waals surface area contributed by atoms with Gasteiger partial charge in [-0.2, -0.15) is 0 Å². The van der Waals surface area contributed by atoms with Crippen LogP contribution in [0.2, 0.25) is 0 Å². The molecule has 0 amide bonds. The molecule has 0 aliphatic heterocycles. The van der Waals surface area contributed by atoms with E-state index in [1.165, 1.54) is 87.6 Å². The van der Waals surface area contributed by atoms with Gasteiger partial charge in [-0.25, -0.2) is 0 Å². The monoisotopic (exact) mass is 680 g/mol. The van der Waals surface area contributed by atoms with Gasteiger partial charge in [0.05, 0.1) is 0 Å². The molecule has 0 fully saturated rings. The third-order valence-corrected chi connectivity index (χ3v) is 14.4. The van der Waals surface area contributed by atoms with Gasteiger partial charge >= 0.3 is 8.56 Å². The highest BCUT2D eigenvalue weighted by atomic mass is 28.4. The zero-order chi connectivity index (χ0) is 35.0. The fourth-order valence-corrected chi connectivity index (χ4v) is 12.6. The summed E-state index contributed by atoms with van der Waals surface area (Å²) in [5.41, 5.74) is 12.5. The van der Waals surface area contributed by atoms with E-state index >= 15 is 0 Å². The Kier molecular flexibility index (Phi) is 9.04. The number of aryl methyl sites for hydroxylation is 2. The highest BCUT2D eigenvalue weighted by Crippen LogP contribution is 2.42. The SMILES string of the molecule is CCO[Si](OCC)(c1c(CC)cc2c(-c3cccc4ccccc34)ccccc1-2)c1c(CC)cc2c(-c3cccc4ccccc34)ccccc1-2. The van der Waals surface area contributed by atoms with E-state index < -0.39 is 8.56 Å². The molecule has 0 saturated heterocycles. The Labute approximate surface area is 303 Å². The highest BCUT2D eigenvalue weighted by molar-refractivity contribution is 6.95. The fourth-order valence-electron chi connectivity index (χ4n) is 8.43. The number of hydrogen-bond acceptors (Lipinski definition) is 2. The Balaban J connectivity index is 1.41. The van der Waals surface area contributed by atoms with Crippen LogP contribution in [0, 0.1) is 0 Å². The third kappa shape index (κ3) is 5.48. The normalized spacial score (nSPS) is 12.0. The minimum Gasteiger partial charge on any atom is -0.388 e. The molecule has 4 aromatic rings. The number of fused-ring (bicyclic) bond motifs is 4. The third-order valence-electron chi connectivity index (χ3n) is 10.5. The van der Waals surface area contributed by atoms with Gasteiger partial charge in [0.25, 0.3) is 0 Å². The molecule has 2 nitrogen and oxygen atoms in total. The van der Waals surface area contributed by atoms with Crippen molar-refractivity contribution >= 4 is 40.5 Å². The van der Waals surface area contributed by atoms with E-state index in [0.717, 1.165) is 12.8 Å². The van der Waals surface area contributed by atoms with Crippen LogP contribution in [0.4, 0.5) is 0 Å². The van der Waals surface area contributed by atoms with Crippen molar-refractivity contribution in [3.63, 3.8) is 0 Å². The molecule has 0 atom stereocenters. The number of hydrogen-bond donors (Lipinski definition) is 0. The predicted molar refractivity (Wildman–Crippen MR) is 219 cm³/mol. The van der Waals surface area contributed by atoms with Crippen molar-refractivity contribution in [3.05, 3.63) is 157 Å². The molecule has 0 aromatic heterocycles. The van der Waals surface area contributed by atoms with Gasteiger partial charge in [0.1, 0.15) is 0 Å². The summed E-state index contributed by atoms with van der Waals surface area (Å²) in [6.45, 7) is 9.91. The second-order valence-corrected chi connectivity index (χ2v) is 16.1. The van der Waals surface area contributed by atoms with Gasteiger partial charge in [-0.05, 0) is 104 Å². The molecule has 4 aromatic carbocycles. The molecule has 4 aliphatic rings. The van der Waals surface area contributed by atoms with Crippen LogP contribution in [-0.2, 0) is 21.7 Å². The van der Waals surface area contributed by atoms with Gasteiger partial charge in [0.2, 0.25) is 0 Å². The lowest BCUT2D eigenvalue weighted by atomic mass is 9.95. The van der Waals surface area contributed by atoms with Crippen molar-refractivity contribution in [1.29, 1.82) is 0 Å². The molecule has 0 N–H and O–H groups in total. The Bertz CT molecular complexity index is 2260. The van der Waals surface area contributed by atoms with Gasteiger partial charge in [0, 0.05) is 23.6 Å². The van der Waals surface area contributed by atoms with E-state index in [-0.39, 0.29) is 0 Å². The molecule has 0 spiro atoms. The summed E-state index contributed by atoms with van der Waals surface area (Å²) in [7, 11) is -3.33. The summed E-state index contributed by atoms with van der Waals surface area (Å²) < 4.78 is 14.5. The van der Waals surface area contributed by atoms with Gasteiger partial charge in [0.15, 0.2) is 0 Å². The zero-order valence-electron chi connectivity index (χ0n) is 30.0. The van der Waals surface area contributed by atoms with E-state index in [1.54, 1.807) is 0 Å². The van der Waals surface area contributed by atoms with Crippen molar-refractivity contribution in [2.45, 2.75) is 40.5 Å². The molecule has 0 bridgehead atoms. The van der Waals surface area contributed by atoms with Crippen molar-refractivity contribution in [1.82, 2.24) is 0 Å². The molecule has 0 radical (unpaired) electrons. The summed E-state index contributed by atoms with van der Waals surface area (Å²) in [4.78, 5) is 0. The topological polar surface area (TPSA) is 18.5 Å². The maximum Gasteiger partial charge on any atom is 0.408 e. The lowest BCUT2D eigenvalue weighted by Crippen LogP contribution is -2.65. The first-order valence-corrected chi connectivity index (χ1v) is 20.3. The van der Waals surface area contributed by atoms with Crippen LogP contribution in [0.15, 0.2) is 146 Å². The molecule has 0 unspecified atom stereocenters. The molecular weight excluding hydrogens is 637 g/mol. The number of rotatable bonds is 10. The first-order valence-electron chi connectivity index (χ1n) is 18.5. The van der Waals surface area contributed by atoms with E-state index in [0.29, 0.717) is 13.2 Å². The molecule has 252 valence electrons. The highest BCUT2D eigenvalue weighted by Gasteiger charge is 2.50. The Hall–Kier alpha value is -5.06. The maximum absolute atomic E-state index is 7.27. The molecule has 0 heterocycles. The van der Waals surface area contributed by atoms with Crippen molar-refractivity contribution in [3.8, 4) is 44.5 Å². The predicted octanol–water partition coefficient (Wildman–Crippen LogP) is 11.3. The van der Waals surface area contributed by atoms with Gasteiger partial charge in [-0.1, -0.05) is 159 Å². The minimum absolute atomic E-state index is 0.558. The second kappa shape index (κ2) is 13.9. The van der Waals surface area contributed by atoms with Crippen LogP contribution < -0.4 is 10.4 Å². The fraction of sp³-hybridized carbons (Fsp3) is 0.167.